The van der Waals surface area contributed by atoms with Gasteiger partial charge in [0.2, 0.25) is 5.89 Å². The summed E-state index contributed by atoms with van der Waals surface area (Å²) in [7, 11) is 0. The third-order valence-electron chi connectivity index (χ3n) is 6.59. The van der Waals surface area contributed by atoms with Crippen molar-refractivity contribution in [3.05, 3.63) is 45.1 Å². The second-order valence-electron chi connectivity index (χ2n) is 8.51. The van der Waals surface area contributed by atoms with E-state index in [2.05, 4.69) is 5.32 Å². The fourth-order valence-electron chi connectivity index (χ4n) is 5.89. The fourth-order valence-corrected chi connectivity index (χ4v) is 6.07. The lowest BCUT2D eigenvalue weighted by Crippen LogP contribution is -2.48. The summed E-state index contributed by atoms with van der Waals surface area (Å²) in [6, 6.07) is 6.42. The molecule has 8 heteroatoms. The molecule has 4 fully saturated rings. The van der Waals surface area contributed by atoms with Gasteiger partial charge in [0, 0.05) is 23.2 Å². The average molecular weight is 386 g/mol. The Kier molecular flexibility index (Phi) is 3.86. The van der Waals surface area contributed by atoms with E-state index in [0.717, 1.165) is 23.6 Å². The summed E-state index contributed by atoms with van der Waals surface area (Å²) in [5, 5.41) is 18.8. The molecule has 4 bridgehead atoms. The van der Waals surface area contributed by atoms with Crippen molar-refractivity contribution >= 4 is 23.6 Å². The van der Waals surface area contributed by atoms with Crippen LogP contribution in [0.4, 0.5) is 11.4 Å². The highest BCUT2D eigenvalue weighted by Crippen LogP contribution is 2.60. The number of rotatable bonds is 5. The van der Waals surface area contributed by atoms with Crippen molar-refractivity contribution in [2.24, 2.45) is 17.8 Å². The van der Waals surface area contributed by atoms with Gasteiger partial charge in [-0.3, -0.25) is 10.1 Å². The Balaban J connectivity index is 1.36. The predicted molar refractivity (Wildman–Crippen MR) is 102 cm³/mol. The number of aromatic nitrogens is 2. The predicted octanol–water partition coefficient (Wildman–Crippen LogP) is 4.65. The van der Waals surface area contributed by atoms with Crippen LogP contribution >= 0.6 is 12.2 Å². The molecule has 0 aliphatic heterocycles. The quantitative estimate of drug-likeness (QED) is 0.457. The van der Waals surface area contributed by atoms with Crippen LogP contribution < -0.4 is 5.32 Å². The van der Waals surface area contributed by atoms with Crippen molar-refractivity contribution in [2.45, 2.75) is 50.6 Å². The molecule has 0 saturated heterocycles. The summed E-state index contributed by atoms with van der Waals surface area (Å²) in [4.78, 5) is 10.9. The van der Waals surface area contributed by atoms with Gasteiger partial charge in [-0.2, -0.15) is 0 Å². The van der Waals surface area contributed by atoms with Gasteiger partial charge >= 0.3 is 0 Å². The number of non-ortho nitro benzene ring substituents is 1. The Morgan fingerprint density at radius 1 is 1.26 bits per heavy atom. The average Bonchev–Trinajstić information content (AvgIpc) is 3.01. The van der Waals surface area contributed by atoms with E-state index in [9.17, 15) is 10.1 Å². The number of hydrogen-bond donors (Lipinski definition) is 1. The lowest BCUT2D eigenvalue weighted by atomic mass is 9.49. The summed E-state index contributed by atoms with van der Waals surface area (Å²) in [5.41, 5.74) is 0.780. The van der Waals surface area contributed by atoms with Crippen LogP contribution in [0.5, 0.6) is 0 Å². The lowest BCUT2D eigenvalue weighted by molar-refractivity contribution is -0.384. The van der Waals surface area contributed by atoms with Crippen molar-refractivity contribution in [1.29, 1.82) is 0 Å². The smallest absolute Gasteiger partial charge is 0.288 e. The summed E-state index contributed by atoms with van der Waals surface area (Å²) in [6.07, 6.45) is 7.63. The van der Waals surface area contributed by atoms with Crippen LogP contribution in [0.1, 0.15) is 44.4 Å². The van der Waals surface area contributed by atoms with Crippen molar-refractivity contribution in [3.63, 3.8) is 0 Å². The monoisotopic (exact) mass is 386 g/mol. The van der Waals surface area contributed by atoms with E-state index in [-0.39, 0.29) is 11.1 Å². The highest BCUT2D eigenvalue weighted by atomic mass is 32.1. The molecule has 1 heterocycles. The van der Waals surface area contributed by atoms with Gasteiger partial charge in [-0.15, -0.1) is 5.10 Å². The summed E-state index contributed by atoms with van der Waals surface area (Å²) in [6.45, 7) is 0.329. The normalized spacial score (nSPS) is 31.2. The van der Waals surface area contributed by atoms with Crippen LogP contribution in [-0.4, -0.2) is 14.7 Å². The summed E-state index contributed by atoms with van der Waals surface area (Å²) < 4.78 is 7.62. The van der Waals surface area contributed by atoms with E-state index < -0.39 is 4.92 Å². The third-order valence-corrected chi connectivity index (χ3v) is 6.88. The number of hydrogen-bond acceptors (Lipinski definition) is 6. The molecule has 0 spiro atoms. The zero-order chi connectivity index (χ0) is 18.6. The molecule has 6 rings (SSSR count). The number of nitro groups is 1. The second kappa shape index (κ2) is 6.15. The topological polar surface area (TPSA) is 86.1 Å². The minimum absolute atomic E-state index is 0.0537. The van der Waals surface area contributed by atoms with Crippen LogP contribution in [0, 0.1) is 32.7 Å². The maximum Gasteiger partial charge on any atom is 0.288 e. The van der Waals surface area contributed by atoms with Gasteiger partial charge in [-0.25, -0.2) is 4.68 Å². The molecular weight excluding hydrogens is 364 g/mol. The second-order valence-corrected chi connectivity index (χ2v) is 8.86. The number of nitrogens with one attached hydrogen (secondary N) is 1. The number of nitrogens with zero attached hydrogens (tertiary/aromatic N) is 3. The van der Waals surface area contributed by atoms with Crippen LogP contribution in [0.2, 0.25) is 0 Å². The molecule has 2 aromatic rings. The van der Waals surface area contributed by atoms with Gasteiger partial charge in [0.15, 0.2) is 0 Å². The Bertz CT molecular complexity index is 915. The number of benzene rings is 1. The van der Waals surface area contributed by atoms with Gasteiger partial charge in [0.1, 0.15) is 6.67 Å². The molecule has 4 aliphatic rings. The SMILES string of the molecule is O=[N+]([O-])c1cccc(NCn2nc(C34CC5CC(CC(C5)C3)C4)oc2=S)c1. The van der Waals surface area contributed by atoms with Gasteiger partial charge in [-0.05, 0) is 74.6 Å². The lowest BCUT2D eigenvalue weighted by Gasteiger charge is -2.55. The van der Waals surface area contributed by atoms with Gasteiger partial charge in [0.25, 0.3) is 10.5 Å². The number of anilines is 1. The highest BCUT2D eigenvalue weighted by molar-refractivity contribution is 7.71. The molecule has 4 saturated carbocycles. The molecule has 4 aliphatic carbocycles. The zero-order valence-electron chi connectivity index (χ0n) is 15.0. The minimum Gasteiger partial charge on any atom is -0.413 e. The van der Waals surface area contributed by atoms with Crippen LogP contribution in [0.25, 0.3) is 0 Å². The molecule has 0 atom stereocenters. The first-order valence-corrected chi connectivity index (χ1v) is 9.98. The summed E-state index contributed by atoms with van der Waals surface area (Å²) >= 11 is 5.40. The molecule has 27 heavy (non-hydrogen) atoms. The van der Waals surface area contributed by atoms with Crippen LogP contribution in [0.15, 0.2) is 28.7 Å². The van der Waals surface area contributed by atoms with Crippen LogP contribution in [0.3, 0.4) is 0 Å². The molecular formula is C19H22N4O3S. The molecule has 1 aromatic heterocycles. The Morgan fingerprint density at radius 2 is 1.93 bits per heavy atom. The van der Waals surface area contributed by atoms with Gasteiger partial charge in [0.05, 0.1) is 4.92 Å². The first-order valence-electron chi connectivity index (χ1n) is 9.57. The van der Waals surface area contributed by atoms with E-state index in [1.807, 2.05) is 0 Å². The minimum atomic E-state index is -0.405. The van der Waals surface area contributed by atoms with E-state index in [1.165, 1.54) is 50.7 Å². The molecule has 142 valence electrons. The molecule has 1 aromatic carbocycles. The maximum absolute atomic E-state index is 10.9. The standard InChI is InChI=1S/C19H22N4O3S/c24-23(25)16-3-1-2-15(7-16)20-11-22-18(27)26-17(21-22)19-8-12-4-13(9-19)6-14(5-12)10-19/h1-3,7,12-14,20H,4-6,8-11H2. The van der Waals surface area contributed by atoms with E-state index in [0.29, 0.717) is 17.2 Å². The van der Waals surface area contributed by atoms with E-state index in [4.69, 9.17) is 21.7 Å². The molecule has 7 nitrogen and oxygen atoms in total. The molecule has 1 N–H and O–H groups in total. The maximum atomic E-state index is 10.9. The third kappa shape index (κ3) is 2.96. The number of nitro benzene ring substituents is 1. The Labute approximate surface area is 161 Å². The summed E-state index contributed by atoms with van der Waals surface area (Å²) in [5.74, 6) is 3.24. The van der Waals surface area contributed by atoms with Crippen LogP contribution in [-0.2, 0) is 12.1 Å². The highest BCUT2D eigenvalue weighted by Gasteiger charge is 2.54. The molecule has 0 unspecified atom stereocenters. The van der Waals surface area contributed by atoms with Gasteiger partial charge in [-0.1, -0.05) is 6.07 Å². The van der Waals surface area contributed by atoms with Crippen molar-refractivity contribution in [1.82, 2.24) is 9.78 Å². The van der Waals surface area contributed by atoms with Gasteiger partial charge < -0.3 is 9.73 Å². The molecule has 0 radical (unpaired) electrons. The van der Waals surface area contributed by atoms with Crippen molar-refractivity contribution < 1.29 is 9.34 Å². The van der Waals surface area contributed by atoms with E-state index in [1.54, 1.807) is 16.8 Å². The van der Waals surface area contributed by atoms with E-state index >= 15 is 0 Å². The Hall–Kier alpha value is -2.22. The van der Waals surface area contributed by atoms with Crippen molar-refractivity contribution in [2.75, 3.05) is 5.32 Å². The first-order chi connectivity index (χ1) is 13.0. The van der Waals surface area contributed by atoms with Crippen molar-refractivity contribution in [3.8, 4) is 0 Å². The fraction of sp³-hybridized carbons (Fsp3) is 0.579. The zero-order valence-corrected chi connectivity index (χ0v) is 15.8. The molecule has 0 amide bonds. The first kappa shape index (κ1) is 16.9. The largest absolute Gasteiger partial charge is 0.413 e. The Morgan fingerprint density at radius 3 is 2.56 bits per heavy atom.